The maximum atomic E-state index is 12.4. The predicted molar refractivity (Wildman–Crippen MR) is 84.4 cm³/mol. The SMILES string of the molecule is O=C1CN(c2ccccn2)CCN1Cc1ccc2c(c1)OCO2. The zero-order valence-electron chi connectivity index (χ0n) is 12.6. The fourth-order valence-electron chi connectivity index (χ4n) is 2.87. The van der Waals surface area contributed by atoms with Crippen molar-refractivity contribution in [2.75, 3.05) is 31.3 Å². The zero-order valence-corrected chi connectivity index (χ0v) is 12.6. The highest BCUT2D eigenvalue weighted by Crippen LogP contribution is 2.32. The molecule has 118 valence electrons. The molecule has 23 heavy (non-hydrogen) atoms. The number of pyridine rings is 1. The summed E-state index contributed by atoms with van der Waals surface area (Å²) in [5, 5.41) is 0. The summed E-state index contributed by atoms with van der Waals surface area (Å²) in [5.74, 6) is 2.48. The molecule has 0 N–H and O–H groups in total. The third kappa shape index (κ3) is 2.79. The van der Waals surface area contributed by atoms with Crippen LogP contribution < -0.4 is 14.4 Å². The molecule has 1 saturated heterocycles. The minimum atomic E-state index is 0.111. The largest absolute Gasteiger partial charge is 0.454 e. The molecule has 6 nitrogen and oxygen atoms in total. The first-order valence-electron chi connectivity index (χ1n) is 7.62. The molecule has 2 aliphatic heterocycles. The number of rotatable bonds is 3. The van der Waals surface area contributed by atoms with Crippen LogP contribution >= 0.6 is 0 Å². The van der Waals surface area contributed by atoms with E-state index in [2.05, 4.69) is 4.98 Å². The molecule has 0 bridgehead atoms. The molecule has 1 aromatic carbocycles. The number of hydrogen-bond donors (Lipinski definition) is 0. The Kier molecular flexibility index (Phi) is 3.49. The van der Waals surface area contributed by atoms with Crippen LogP contribution in [-0.4, -0.2) is 42.2 Å². The van der Waals surface area contributed by atoms with Gasteiger partial charge in [-0.2, -0.15) is 0 Å². The Labute approximate surface area is 134 Å². The molecule has 3 heterocycles. The van der Waals surface area contributed by atoms with Gasteiger partial charge in [0.2, 0.25) is 12.7 Å². The van der Waals surface area contributed by atoms with E-state index >= 15 is 0 Å². The molecule has 0 aliphatic carbocycles. The molecular formula is C17H17N3O3. The van der Waals surface area contributed by atoms with E-state index in [0.717, 1.165) is 29.4 Å². The van der Waals surface area contributed by atoms with Crippen molar-refractivity contribution in [2.24, 2.45) is 0 Å². The van der Waals surface area contributed by atoms with Crippen molar-refractivity contribution in [3.63, 3.8) is 0 Å². The minimum Gasteiger partial charge on any atom is -0.454 e. The lowest BCUT2D eigenvalue weighted by Gasteiger charge is -2.35. The first-order valence-corrected chi connectivity index (χ1v) is 7.62. The Morgan fingerprint density at radius 1 is 1.09 bits per heavy atom. The van der Waals surface area contributed by atoms with E-state index in [-0.39, 0.29) is 12.7 Å². The molecule has 1 aromatic heterocycles. The summed E-state index contributed by atoms with van der Waals surface area (Å²) < 4.78 is 10.7. The molecule has 2 aliphatic rings. The molecule has 0 saturated carbocycles. The van der Waals surface area contributed by atoms with Gasteiger partial charge in [-0.1, -0.05) is 12.1 Å². The fraction of sp³-hybridized carbons (Fsp3) is 0.294. The van der Waals surface area contributed by atoms with Crippen molar-refractivity contribution >= 4 is 11.7 Å². The normalized spacial score (nSPS) is 16.8. The lowest BCUT2D eigenvalue weighted by molar-refractivity contribution is -0.131. The van der Waals surface area contributed by atoms with Crippen LogP contribution in [0.25, 0.3) is 0 Å². The lowest BCUT2D eigenvalue weighted by Crippen LogP contribution is -2.50. The highest BCUT2D eigenvalue weighted by molar-refractivity contribution is 5.82. The van der Waals surface area contributed by atoms with Crippen LogP contribution in [0, 0.1) is 0 Å². The summed E-state index contributed by atoms with van der Waals surface area (Å²) in [6.45, 7) is 2.69. The standard InChI is InChI=1S/C17H17N3O3/c21-17-11-19(16-3-1-2-6-18-16)7-8-20(17)10-13-4-5-14-15(9-13)23-12-22-14/h1-6,9H,7-8,10-12H2. The Bertz CT molecular complexity index is 720. The van der Waals surface area contributed by atoms with E-state index in [1.807, 2.05) is 46.2 Å². The van der Waals surface area contributed by atoms with E-state index in [4.69, 9.17) is 9.47 Å². The van der Waals surface area contributed by atoms with Crippen molar-refractivity contribution in [3.05, 3.63) is 48.2 Å². The second-order valence-corrected chi connectivity index (χ2v) is 5.61. The van der Waals surface area contributed by atoms with Gasteiger partial charge in [-0.3, -0.25) is 4.79 Å². The van der Waals surface area contributed by atoms with Gasteiger partial charge in [0.25, 0.3) is 0 Å². The summed E-state index contributed by atoms with van der Waals surface area (Å²) in [7, 11) is 0. The number of nitrogens with zero attached hydrogens (tertiary/aromatic N) is 3. The van der Waals surface area contributed by atoms with Crippen molar-refractivity contribution in [2.45, 2.75) is 6.54 Å². The molecule has 0 radical (unpaired) electrons. The predicted octanol–water partition coefficient (Wildman–Crippen LogP) is 1.66. The molecule has 0 atom stereocenters. The molecule has 1 amide bonds. The van der Waals surface area contributed by atoms with E-state index in [9.17, 15) is 4.79 Å². The average molecular weight is 311 g/mol. The number of piperazine rings is 1. The Hall–Kier alpha value is -2.76. The first kappa shape index (κ1) is 13.9. The Morgan fingerprint density at radius 3 is 2.83 bits per heavy atom. The minimum absolute atomic E-state index is 0.111. The van der Waals surface area contributed by atoms with Crippen LogP contribution in [0.2, 0.25) is 0 Å². The van der Waals surface area contributed by atoms with Crippen LogP contribution in [-0.2, 0) is 11.3 Å². The second kappa shape index (κ2) is 5.79. The molecular weight excluding hydrogens is 294 g/mol. The second-order valence-electron chi connectivity index (χ2n) is 5.61. The van der Waals surface area contributed by atoms with Gasteiger partial charge in [-0.15, -0.1) is 0 Å². The number of anilines is 1. The van der Waals surface area contributed by atoms with Gasteiger partial charge in [0.05, 0.1) is 6.54 Å². The number of ether oxygens (including phenoxy) is 2. The maximum absolute atomic E-state index is 12.4. The van der Waals surface area contributed by atoms with Crippen LogP contribution in [0.15, 0.2) is 42.6 Å². The van der Waals surface area contributed by atoms with Crippen LogP contribution in [0.5, 0.6) is 11.5 Å². The molecule has 2 aromatic rings. The zero-order chi connectivity index (χ0) is 15.6. The fourth-order valence-corrected chi connectivity index (χ4v) is 2.87. The number of aromatic nitrogens is 1. The highest BCUT2D eigenvalue weighted by atomic mass is 16.7. The van der Waals surface area contributed by atoms with Crippen molar-refractivity contribution in [1.29, 1.82) is 0 Å². The molecule has 0 unspecified atom stereocenters. The number of hydrogen-bond acceptors (Lipinski definition) is 5. The number of benzene rings is 1. The number of carbonyl (C=O) groups excluding carboxylic acids is 1. The smallest absolute Gasteiger partial charge is 0.242 e. The van der Waals surface area contributed by atoms with Crippen LogP contribution in [0.4, 0.5) is 5.82 Å². The summed E-state index contributed by atoms with van der Waals surface area (Å²) in [4.78, 5) is 20.6. The maximum Gasteiger partial charge on any atom is 0.242 e. The quantitative estimate of drug-likeness (QED) is 0.863. The third-order valence-corrected chi connectivity index (χ3v) is 4.10. The van der Waals surface area contributed by atoms with Gasteiger partial charge < -0.3 is 19.3 Å². The van der Waals surface area contributed by atoms with Crippen LogP contribution in [0.3, 0.4) is 0 Å². The van der Waals surface area contributed by atoms with Crippen molar-refractivity contribution < 1.29 is 14.3 Å². The summed E-state index contributed by atoms with van der Waals surface area (Å²) in [5.41, 5.74) is 1.05. The number of fused-ring (bicyclic) bond motifs is 1. The van der Waals surface area contributed by atoms with E-state index < -0.39 is 0 Å². The molecule has 4 rings (SSSR count). The summed E-state index contributed by atoms with van der Waals surface area (Å²) in [6, 6.07) is 11.6. The van der Waals surface area contributed by atoms with E-state index in [1.165, 1.54) is 0 Å². The van der Waals surface area contributed by atoms with Gasteiger partial charge >= 0.3 is 0 Å². The lowest BCUT2D eigenvalue weighted by atomic mass is 10.1. The summed E-state index contributed by atoms with van der Waals surface area (Å²) >= 11 is 0. The summed E-state index contributed by atoms with van der Waals surface area (Å²) in [6.07, 6.45) is 1.75. The molecule has 1 fully saturated rings. The van der Waals surface area contributed by atoms with E-state index in [1.54, 1.807) is 6.20 Å². The van der Waals surface area contributed by atoms with E-state index in [0.29, 0.717) is 19.6 Å². The number of carbonyl (C=O) groups is 1. The first-order chi connectivity index (χ1) is 11.3. The van der Waals surface area contributed by atoms with Gasteiger partial charge in [-0.05, 0) is 29.8 Å². The van der Waals surface area contributed by atoms with Crippen molar-refractivity contribution in [3.8, 4) is 11.5 Å². The average Bonchev–Trinajstić information content (AvgIpc) is 3.05. The van der Waals surface area contributed by atoms with Gasteiger partial charge in [-0.25, -0.2) is 4.98 Å². The van der Waals surface area contributed by atoms with Crippen LogP contribution in [0.1, 0.15) is 5.56 Å². The molecule has 6 heteroatoms. The monoisotopic (exact) mass is 311 g/mol. The highest BCUT2D eigenvalue weighted by Gasteiger charge is 2.25. The Morgan fingerprint density at radius 2 is 2.00 bits per heavy atom. The van der Waals surface area contributed by atoms with Gasteiger partial charge in [0.15, 0.2) is 11.5 Å². The number of amides is 1. The van der Waals surface area contributed by atoms with Gasteiger partial charge in [0.1, 0.15) is 5.82 Å². The molecule has 0 spiro atoms. The third-order valence-electron chi connectivity index (χ3n) is 4.10. The topological polar surface area (TPSA) is 54.9 Å². The Balaban J connectivity index is 1.42. The van der Waals surface area contributed by atoms with Gasteiger partial charge in [0, 0.05) is 25.8 Å². The van der Waals surface area contributed by atoms with Crippen molar-refractivity contribution in [1.82, 2.24) is 9.88 Å².